The van der Waals surface area contributed by atoms with Crippen LogP contribution < -0.4 is 15.5 Å². The number of aliphatic hydroxyl groups is 1. The highest BCUT2D eigenvalue weighted by atomic mass is 32.1. The normalized spacial score (nSPS) is 20.5. The summed E-state index contributed by atoms with van der Waals surface area (Å²) in [7, 11) is 0. The molecule has 3 aliphatic rings. The maximum Gasteiger partial charge on any atom is 0.306 e. The topological polar surface area (TPSA) is 195 Å². The molecular weight excluding hydrogens is 851 g/mol. The van der Waals surface area contributed by atoms with Gasteiger partial charge in [0.2, 0.25) is 17.7 Å². The van der Waals surface area contributed by atoms with Crippen molar-refractivity contribution in [1.82, 2.24) is 35.3 Å². The molecule has 6 heterocycles. The number of thiazole rings is 1. The Morgan fingerprint density at radius 3 is 2.28 bits per heavy atom. The molecule has 3 unspecified atom stereocenters. The van der Waals surface area contributed by atoms with E-state index in [2.05, 4.69) is 44.6 Å². The van der Waals surface area contributed by atoms with Crippen LogP contribution in [0.3, 0.4) is 0 Å². The predicted molar refractivity (Wildman–Crippen MR) is 247 cm³/mol. The summed E-state index contributed by atoms with van der Waals surface area (Å²) < 4.78 is 1.93. The van der Waals surface area contributed by atoms with Crippen molar-refractivity contribution >= 4 is 57.8 Å². The Bertz CT molecular complexity index is 2630. The Morgan fingerprint density at radius 2 is 1.62 bits per heavy atom. The number of thiophene rings is 1. The summed E-state index contributed by atoms with van der Waals surface area (Å²) in [6, 6.07) is 13.0. The molecule has 2 saturated heterocycles. The molecule has 3 aromatic heterocycles. The van der Waals surface area contributed by atoms with Gasteiger partial charge >= 0.3 is 5.97 Å². The van der Waals surface area contributed by atoms with Crippen LogP contribution in [-0.2, 0) is 19.2 Å². The number of hydrogen-bond acceptors (Lipinski definition) is 12. The Balaban J connectivity index is 0.938. The van der Waals surface area contributed by atoms with Gasteiger partial charge in [-0.2, -0.15) is 0 Å². The van der Waals surface area contributed by atoms with E-state index in [0.29, 0.717) is 36.9 Å². The highest BCUT2D eigenvalue weighted by molar-refractivity contribution is 7.15. The number of aliphatic imine (C=N–C) groups is 1. The van der Waals surface area contributed by atoms with E-state index >= 15 is 0 Å². The number of rotatable bonds is 11. The van der Waals surface area contributed by atoms with E-state index in [9.17, 15) is 29.4 Å². The second-order valence-corrected chi connectivity index (χ2v) is 20.4. The highest BCUT2D eigenvalue weighted by Crippen LogP contribution is 2.40. The molecule has 0 spiro atoms. The lowest BCUT2D eigenvalue weighted by Crippen LogP contribution is -2.58. The summed E-state index contributed by atoms with van der Waals surface area (Å²) in [5.41, 5.74) is 8.49. The van der Waals surface area contributed by atoms with Crippen LogP contribution in [0, 0.1) is 39.0 Å². The maximum absolute atomic E-state index is 14.4. The van der Waals surface area contributed by atoms with Crippen LogP contribution in [0.4, 0.5) is 5.69 Å². The Kier molecular flexibility index (Phi) is 12.4. The number of carbonyl (C=O) groups is 4. The molecule has 0 radical (unpaired) electrons. The van der Waals surface area contributed by atoms with Crippen molar-refractivity contribution in [2.75, 3.05) is 24.5 Å². The third-order valence-electron chi connectivity index (χ3n) is 12.7. The molecule has 0 bridgehead atoms. The number of aliphatic hydroxyl groups excluding tert-OH is 1. The van der Waals surface area contributed by atoms with Crippen molar-refractivity contribution in [2.45, 2.75) is 105 Å². The van der Waals surface area contributed by atoms with Crippen molar-refractivity contribution in [3.05, 3.63) is 98.5 Å². The lowest BCUT2D eigenvalue weighted by Gasteiger charge is -2.36. The Morgan fingerprint density at radius 1 is 0.922 bits per heavy atom. The molecular formula is C47H55N9O6S2. The van der Waals surface area contributed by atoms with Gasteiger partial charge in [0.1, 0.15) is 29.0 Å². The van der Waals surface area contributed by atoms with E-state index in [1.54, 1.807) is 22.7 Å². The average Bonchev–Trinajstić information content (AvgIpc) is 4.10. The van der Waals surface area contributed by atoms with Gasteiger partial charge < -0.3 is 30.6 Å². The summed E-state index contributed by atoms with van der Waals surface area (Å²) >= 11 is 3.19. The number of anilines is 1. The number of fused-ring (bicyclic) bond motifs is 3. The largest absolute Gasteiger partial charge is 0.481 e. The van der Waals surface area contributed by atoms with Gasteiger partial charge in [-0.15, -0.1) is 32.9 Å². The van der Waals surface area contributed by atoms with Crippen LogP contribution in [0.2, 0.25) is 0 Å². The van der Waals surface area contributed by atoms with E-state index < -0.39 is 47.4 Å². The minimum Gasteiger partial charge on any atom is -0.481 e. The summed E-state index contributed by atoms with van der Waals surface area (Å²) in [6.45, 7) is 16.5. The van der Waals surface area contributed by atoms with Gasteiger partial charge in [0.15, 0.2) is 5.82 Å². The second-order valence-electron chi connectivity index (χ2n) is 18.3. The van der Waals surface area contributed by atoms with Gasteiger partial charge in [0.25, 0.3) is 0 Å². The summed E-state index contributed by atoms with van der Waals surface area (Å²) in [4.78, 5) is 69.4. The number of aromatic nitrogens is 4. The zero-order chi connectivity index (χ0) is 45.8. The van der Waals surface area contributed by atoms with Gasteiger partial charge in [-0.05, 0) is 75.3 Å². The van der Waals surface area contributed by atoms with Gasteiger partial charge in [-0.3, -0.25) is 28.7 Å². The van der Waals surface area contributed by atoms with E-state index in [1.165, 1.54) is 4.90 Å². The van der Waals surface area contributed by atoms with Gasteiger partial charge in [-0.25, -0.2) is 4.98 Å². The lowest BCUT2D eigenvalue weighted by atomic mass is 9.85. The maximum atomic E-state index is 14.4. The molecule has 0 aliphatic carbocycles. The second kappa shape index (κ2) is 17.7. The van der Waals surface area contributed by atoms with Crippen molar-refractivity contribution in [3.8, 4) is 15.4 Å². The predicted octanol–water partition coefficient (Wildman–Crippen LogP) is 6.25. The number of likely N-dealkylation sites (tertiary alicyclic amines) is 1. The lowest BCUT2D eigenvalue weighted by molar-refractivity contribution is -0.144. The minimum absolute atomic E-state index is 0.00963. The van der Waals surface area contributed by atoms with Crippen molar-refractivity contribution in [2.24, 2.45) is 16.3 Å². The van der Waals surface area contributed by atoms with Crippen LogP contribution in [0.5, 0.6) is 0 Å². The number of carboxylic acids is 1. The SMILES string of the molecule is Cc1ncsc1-c1ccc(C(C)NC(=O)[C@@H]2C[C@@H](O)CN2C(=O)C(NC(=O)C2CCN(c3ccc(C4=N[C@@H](CC(=O)O)c5nnc(C)n5-c5sc(C)c(C)c54)cc3)C2)C(C)(C)C)cc1. The molecule has 2 fully saturated rings. The number of benzene rings is 2. The molecule has 2 aromatic carbocycles. The van der Waals surface area contributed by atoms with Crippen LogP contribution in [0.1, 0.15) is 104 Å². The first-order chi connectivity index (χ1) is 30.4. The number of carboxylic acid groups (broad SMARTS) is 1. The number of nitrogens with zero attached hydrogens (tertiary/aromatic N) is 7. The highest BCUT2D eigenvalue weighted by Gasteiger charge is 2.45. The molecule has 3 aliphatic heterocycles. The third-order valence-corrected chi connectivity index (χ3v) is 14.9. The average molecular weight is 906 g/mol. The summed E-state index contributed by atoms with van der Waals surface area (Å²) in [6.07, 6.45) is -0.435. The molecule has 8 rings (SSSR count). The quantitative estimate of drug-likeness (QED) is 0.118. The fourth-order valence-corrected chi connectivity index (χ4v) is 11.0. The fraction of sp³-hybridized carbons (Fsp3) is 0.447. The van der Waals surface area contributed by atoms with Crippen molar-refractivity contribution < 1.29 is 29.4 Å². The fourth-order valence-electron chi connectivity index (χ4n) is 9.00. The first-order valence-corrected chi connectivity index (χ1v) is 23.4. The first kappa shape index (κ1) is 44.8. The molecule has 0 saturated carbocycles. The minimum atomic E-state index is -0.979. The number of aliphatic carboxylic acids is 1. The number of nitrogens with one attached hydrogen (secondary N) is 2. The summed E-state index contributed by atoms with van der Waals surface area (Å²) in [5, 5.41) is 36.3. The summed E-state index contributed by atoms with van der Waals surface area (Å²) in [5.74, 6) is -1.21. The first-order valence-electron chi connectivity index (χ1n) is 21.7. The molecule has 5 aromatic rings. The number of aryl methyl sites for hydroxylation is 3. The monoisotopic (exact) mass is 905 g/mol. The van der Waals surface area contributed by atoms with E-state index in [0.717, 1.165) is 54.0 Å². The number of carbonyl (C=O) groups excluding carboxylic acids is 3. The van der Waals surface area contributed by atoms with Gasteiger partial charge in [-0.1, -0.05) is 57.2 Å². The van der Waals surface area contributed by atoms with Gasteiger partial charge in [0, 0.05) is 47.7 Å². The smallest absolute Gasteiger partial charge is 0.306 e. The number of amides is 3. The third kappa shape index (κ3) is 8.72. The zero-order valence-corrected chi connectivity index (χ0v) is 39.0. The molecule has 17 heteroatoms. The molecule has 3 amide bonds. The molecule has 336 valence electrons. The van der Waals surface area contributed by atoms with E-state index in [4.69, 9.17) is 4.99 Å². The Labute approximate surface area is 380 Å². The Hall–Kier alpha value is -5.78. The molecule has 64 heavy (non-hydrogen) atoms. The molecule has 15 nitrogen and oxygen atoms in total. The van der Waals surface area contributed by atoms with Crippen LogP contribution in [-0.4, -0.2) is 102 Å². The van der Waals surface area contributed by atoms with Gasteiger partial charge in [0.05, 0.1) is 46.3 Å². The standard InChI is InChI=1S/C47H55N9O6S2/c1-24-27(4)64-46-38(24)39(50-35(20-37(58)59)42-53-52-28(5)56(42)46)30-13-15-33(16-14-30)54-18-17-32(21-54)43(60)51-41(47(6,7)8)45(62)55-22-34(57)19-36(55)44(61)49-25(2)29-9-11-31(12-10-29)40-26(3)48-23-63-40/h9-16,23,25,32,34-36,41,57H,17-22H2,1-8H3,(H,49,61)(H,51,60)(H,58,59)/t25?,32?,34-,35+,36+,41?/m1/s1. The van der Waals surface area contributed by atoms with Crippen LogP contribution in [0.25, 0.3) is 15.4 Å². The van der Waals surface area contributed by atoms with Crippen LogP contribution in [0.15, 0.2) is 59.0 Å². The molecule has 4 N–H and O–H groups in total. The van der Waals surface area contributed by atoms with Crippen LogP contribution >= 0.6 is 22.7 Å². The number of hydrogen-bond donors (Lipinski definition) is 4. The van der Waals surface area contributed by atoms with Crippen molar-refractivity contribution in [3.63, 3.8) is 0 Å². The van der Waals surface area contributed by atoms with E-state index in [-0.39, 0.29) is 37.2 Å². The zero-order valence-electron chi connectivity index (χ0n) is 37.4. The number of β-amino-alcohol motifs (C(OH)–C–C–N with tert-alkyl or cyclic N) is 1. The van der Waals surface area contributed by atoms with E-state index in [1.807, 2.05) is 100 Å². The van der Waals surface area contributed by atoms with Crippen molar-refractivity contribution in [1.29, 1.82) is 0 Å². The molecule has 6 atom stereocenters.